The fraction of sp³-hybridized carbons (Fsp3) is 0.375. The highest BCUT2D eigenvalue weighted by Gasteiger charge is 2.16. The van der Waals surface area contributed by atoms with E-state index < -0.39 is 0 Å². The molecule has 31 heavy (non-hydrogen) atoms. The molecule has 7 nitrogen and oxygen atoms in total. The summed E-state index contributed by atoms with van der Waals surface area (Å²) in [5, 5.41) is 7.09. The smallest absolute Gasteiger partial charge is 0.227 e. The van der Waals surface area contributed by atoms with Gasteiger partial charge in [0.05, 0.1) is 18.5 Å². The number of carbonyl (C=O) groups is 1. The molecule has 7 heteroatoms. The fourth-order valence-electron chi connectivity index (χ4n) is 3.81. The third-order valence-corrected chi connectivity index (χ3v) is 5.51. The van der Waals surface area contributed by atoms with Crippen LogP contribution in [0.5, 0.6) is 5.75 Å². The molecule has 1 aliphatic heterocycles. The minimum atomic E-state index is -0.0635. The highest BCUT2D eigenvalue weighted by molar-refractivity contribution is 5.94. The molecule has 0 bridgehead atoms. The summed E-state index contributed by atoms with van der Waals surface area (Å²) in [4.78, 5) is 19.4. The molecule has 3 aromatic rings. The summed E-state index contributed by atoms with van der Waals surface area (Å²) in [5.41, 5.74) is 2.79. The number of benzene rings is 2. The Hall–Kier alpha value is -3.35. The molecular formula is C24H28N4O3. The van der Waals surface area contributed by atoms with Crippen molar-refractivity contribution in [3.05, 3.63) is 54.4 Å². The number of methoxy groups -OCH3 is 1. The van der Waals surface area contributed by atoms with Crippen LogP contribution in [-0.4, -0.2) is 36.2 Å². The third kappa shape index (κ3) is 5.42. The molecule has 0 atom stereocenters. The van der Waals surface area contributed by atoms with E-state index >= 15 is 0 Å². The van der Waals surface area contributed by atoms with Crippen molar-refractivity contribution in [1.29, 1.82) is 0 Å². The van der Waals surface area contributed by atoms with Crippen LogP contribution in [0.2, 0.25) is 0 Å². The van der Waals surface area contributed by atoms with Gasteiger partial charge in [-0.3, -0.25) is 4.79 Å². The summed E-state index contributed by atoms with van der Waals surface area (Å²) in [6, 6.07) is 15.5. The van der Waals surface area contributed by atoms with Gasteiger partial charge < -0.3 is 19.5 Å². The van der Waals surface area contributed by atoms with Crippen LogP contribution in [0.1, 0.15) is 38.0 Å². The molecule has 0 unspecified atom stereocenters. The van der Waals surface area contributed by atoms with E-state index in [0.29, 0.717) is 18.1 Å². The summed E-state index contributed by atoms with van der Waals surface area (Å²) < 4.78 is 10.5. The second-order valence-corrected chi connectivity index (χ2v) is 7.71. The van der Waals surface area contributed by atoms with E-state index in [0.717, 1.165) is 35.8 Å². The zero-order valence-electron chi connectivity index (χ0n) is 17.8. The monoisotopic (exact) mass is 420 g/mol. The molecule has 0 saturated carbocycles. The zero-order valence-corrected chi connectivity index (χ0v) is 17.8. The number of hydrogen-bond acceptors (Lipinski definition) is 6. The van der Waals surface area contributed by atoms with E-state index in [1.807, 2.05) is 42.5 Å². The van der Waals surface area contributed by atoms with Gasteiger partial charge in [0.1, 0.15) is 5.75 Å². The SMILES string of the molecule is COc1ccc(-c2noc(CCC(=O)Nc3ccccc3N3CCCCCC3)n2)cc1. The first-order valence-electron chi connectivity index (χ1n) is 10.8. The van der Waals surface area contributed by atoms with Crippen molar-refractivity contribution in [3.8, 4) is 17.1 Å². The number of aryl methyl sites for hydroxylation is 1. The van der Waals surface area contributed by atoms with Crippen LogP contribution >= 0.6 is 0 Å². The van der Waals surface area contributed by atoms with Crippen LogP contribution in [-0.2, 0) is 11.2 Å². The van der Waals surface area contributed by atoms with Crippen LogP contribution in [0, 0.1) is 0 Å². The number of ether oxygens (including phenoxy) is 1. The largest absolute Gasteiger partial charge is 0.497 e. The van der Waals surface area contributed by atoms with Gasteiger partial charge in [-0.15, -0.1) is 0 Å². The molecule has 0 spiro atoms. The maximum absolute atomic E-state index is 12.6. The average Bonchev–Trinajstić information content (AvgIpc) is 3.12. The van der Waals surface area contributed by atoms with Crippen LogP contribution < -0.4 is 15.0 Å². The van der Waals surface area contributed by atoms with E-state index in [4.69, 9.17) is 9.26 Å². The minimum Gasteiger partial charge on any atom is -0.497 e. The van der Waals surface area contributed by atoms with Gasteiger partial charge in [0.15, 0.2) is 0 Å². The Morgan fingerprint density at radius 2 is 1.81 bits per heavy atom. The Bertz CT molecular complexity index is 992. The number of aromatic nitrogens is 2. The van der Waals surface area contributed by atoms with Crippen molar-refractivity contribution in [2.24, 2.45) is 0 Å². The standard InChI is InChI=1S/C24H28N4O3/c1-30-19-12-10-18(11-13-19)24-26-23(31-27-24)15-14-22(29)25-20-8-4-5-9-21(20)28-16-6-2-3-7-17-28/h4-5,8-13H,2-3,6-7,14-17H2,1H3,(H,25,29). The summed E-state index contributed by atoms with van der Waals surface area (Å²) >= 11 is 0. The van der Waals surface area contributed by atoms with Crippen molar-refractivity contribution < 1.29 is 14.1 Å². The van der Waals surface area contributed by atoms with Gasteiger partial charge in [-0.1, -0.05) is 30.1 Å². The molecular weight excluding hydrogens is 392 g/mol. The lowest BCUT2D eigenvalue weighted by atomic mass is 10.2. The number of carbonyl (C=O) groups excluding carboxylic acids is 1. The Balaban J connectivity index is 1.35. The molecule has 1 amide bonds. The van der Waals surface area contributed by atoms with Crippen LogP contribution in [0.15, 0.2) is 53.1 Å². The van der Waals surface area contributed by atoms with Crippen molar-refractivity contribution in [3.63, 3.8) is 0 Å². The van der Waals surface area contributed by atoms with Crippen molar-refractivity contribution in [2.75, 3.05) is 30.4 Å². The Kier molecular flexibility index (Phi) is 6.82. The number of anilines is 2. The van der Waals surface area contributed by atoms with E-state index in [2.05, 4.69) is 26.4 Å². The normalized spacial score (nSPS) is 14.2. The lowest BCUT2D eigenvalue weighted by Crippen LogP contribution is -2.25. The Labute approximate surface area is 182 Å². The fourth-order valence-corrected chi connectivity index (χ4v) is 3.81. The second-order valence-electron chi connectivity index (χ2n) is 7.71. The van der Waals surface area contributed by atoms with Crippen molar-refractivity contribution in [2.45, 2.75) is 38.5 Å². The van der Waals surface area contributed by atoms with Crippen LogP contribution in [0.4, 0.5) is 11.4 Å². The van der Waals surface area contributed by atoms with Crippen LogP contribution in [0.3, 0.4) is 0 Å². The first-order valence-corrected chi connectivity index (χ1v) is 10.8. The van der Waals surface area contributed by atoms with Gasteiger partial charge in [-0.2, -0.15) is 4.98 Å². The average molecular weight is 421 g/mol. The molecule has 4 rings (SSSR count). The number of nitrogens with one attached hydrogen (secondary N) is 1. The van der Waals surface area contributed by atoms with E-state index in [-0.39, 0.29) is 12.3 Å². The Morgan fingerprint density at radius 1 is 1.06 bits per heavy atom. The summed E-state index contributed by atoms with van der Waals surface area (Å²) in [6.07, 6.45) is 5.59. The highest BCUT2D eigenvalue weighted by atomic mass is 16.5. The molecule has 0 radical (unpaired) electrons. The van der Waals surface area contributed by atoms with Gasteiger partial charge in [-0.25, -0.2) is 0 Å². The molecule has 2 aromatic carbocycles. The van der Waals surface area contributed by atoms with Gasteiger partial charge in [0.2, 0.25) is 17.6 Å². The van der Waals surface area contributed by atoms with E-state index in [1.54, 1.807) is 7.11 Å². The zero-order chi connectivity index (χ0) is 21.5. The molecule has 1 N–H and O–H groups in total. The van der Waals surface area contributed by atoms with Crippen LogP contribution in [0.25, 0.3) is 11.4 Å². The number of rotatable bonds is 7. The van der Waals surface area contributed by atoms with Crippen molar-refractivity contribution in [1.82, 2.24) is 10.1 Å². The molecule has 1 fully saturated rings. The summed E-state index contributed by atoms with van der Waals surface area (Å²) in [5.74, 6) is 1.66. The molecule has 2 heterocycles. The predicted octanol–water partition coefficient (Wildman–Crippen LogP) is 4.70. The lowest BCUT2D eigenvalue weighted by molar-refractivity contribution is -0.116. The number of hydrogen-bond donors (Lipinski definition) is 1. The predicted molar refractivity (Wildman–Crippen MR) is 120 cm³/mol. The lowest BCUT2D eigenvalue weighted by Gasteiger charge is -2.25. The highest BCUT2D eigenvalue weighted by Crippen LogP contribution is 2.28. The summed E-state index contributed by atoms with van der Waals surface area (Å²) in [6.45, 7) is 2.06. The van der Waals surface area contributed by atoms with Gasteiger partial charge in [0, 0.05) is 31.5 Å². The molecule has 1 aliphatic rings. The van der Waals surface area contributed by atoms with Gasteiger partial charge in [-0.05, 0) is 49.2 Å². The van der Waals surface area contributed by atoms with Gasteiger partial charge >= 0.3 is 0 Å². The molecule has 162 valence electrons. The molecule has 1 aromatic heterocycles. The van der Waals surface area contributed by atoms with E-state index in [9.17, 15) is 4.79 Å². The maximum Gasteiger partial charge on any atom is 0.227 e. The quantitative estimate of drug-likeness (QED) is 0.597. The summed E-state index contributed by atoms with van der Waals surface area (Å²) in [7, 11) is 1.62. The number of amides is 1. The molecule has 1 saturated heterocycles. The maximum atomic E-state index is 12.6. The number of para-hydroxylation sites is 2. The van der Waals surface area contributed by atoms with Crippen molar-refractivity contribution >= 4 is 17.3 Å². The molecule has 0 aliphatic carbocycles. The first-order chi connectivity index (χ1) is 15.2. The van der Waals surface area contributed by atoms with Gasteiger partial charge in [0.25, 0.3) is 0 Å². The number of nitrogens with zero attached hydrogens (tertiary/aromatic N) is 3. The van der Waals surface area contributed by atoms with E-state index in [1.165, 1.54) is 25.7 Å². The third-order valence-electron chi connectivity index (χ3n) is 5.51. The first kappa shape index (κ1) is 20.9. The Morgan fingerprint density at radius 3 is 2.55 bits per heavy atom. The topological polar surface area (TPSA) is 80.5 Å². The second kappa shape index (κ2) is 10.1. The minimum absolute atomic E-state index is 0.0635.